The molecule has 0 spiro atoms. The maximum atomic E-state index is 12.9. The standard InChI is InChI=1S/C25H29N3O3/c1-3-16(2)21-9-4-5-10-22(21)28-15-18(13-23(28)29)25(31)27-20-8-6-7-19(14-20)26-24(30)17-11-12-17/h4-10,14,16-18H,3,11-13,15H2,1-2H3,(H,26,30)(H,27,31). The minimum absolute atomic E-state index is 0.0265. The average molecular weight is 420 g/mol. The van der Waals surface area contributed by atoms with E-state index in [1.807, 2.05) is 24.3 Å². The zero-order valence-corrected chi connectivity index (χ0v) is 18.1. The number of nitrogens with zero attached hydrogens (tertiary/aromatic N) is 1. The highest BCUT2D eigenvalue weighted by atomic mass is 16.2. The van der Waals surface area contributed by atoms with Gasteiger partial charge in [0, 0.05) is 35.9 Å². The number of carbonyl (C=O) groups is 3. The third-order valence-corrected chi connectivity index (χ3v) is 6.21. The van der Waals surface area contributed by atoms with Crippen molar-refractivity contribution in [2.45, 2.75) is 45.4 Å². The van der Waals surface area contributed by atoms with Gasteiger partial charge in [-0.3, -0.25) is 14.4 Å². The number of nitrogens with one attached hydrogen (secondary N) is 2. The van der Waals surface area contributed by atoms with Gasteiger partial charge in [-0.2, -0.15) is 0 Å². The molecule has 0 bridgehead atoms. The highest BCUT2D eigenvalue weighted by molar-refractivity contribution is 6.04. The normalized spacial score (nSPS) is 19.2. The van der Waals surface area contributed by atoms with Crippen LogP contribution in [-0.4, -0.2) is 24.3 Å². The van der Waals surface area contributed by atoms with Crippen LogP contribution in [0.25, 0.3) is 0 Å². The molecule has 4 rings (SSSR count). The fourth-order valence-electron chi connectivity index (χ4n) is 3.99. The molecule has 1 aliphatic heterocycles. The summed E-state index contributed by atoms with van der Waals surface area (Å²) in [5.41, 5.74) is 3.33. The number of anilines is 3. The van der Waals surface area contributed by atoms with E-state index in [0.717, 1.165) is 30.5 Å². The van der Waals surface area contributed by atoms with Crippen LogP contribution in [0.5, 0.6) is 0 Å². The van der Waals surface area contributed by atoms with Crippen molar-refractivity contribution in [2.75, 3.05) is 22.1 Å². The summed E-state index contributed by atoms with van der Waals surface area (Å²) in [4.78, 5) is 39.4. The van der Waals surface area contributed by atoms with Gasteiger partial charge in [-0.05, 0) is 55.0 Å². The summed E-state index contributed by atoms with van der Waals surface area (Å²) in [5, 5.41) is 5.81. The van der Waals surface area contributed by atoms with Gasteiger partial charge in [0.15, 0.2) is 0 Å². The van der Waals surface area contributed by atoms with Crippen molar-refractivity contribution in [1.29, 1.82) is 0 Å². The molecule has 2 N–H and O–H groups in total. The molecule has 1 saturated heterocycles. The predicted octanol–water partition coefficient (Wildman–Crippen LogP) is 4.54. The van der Waals surface area contributed by atoms with Crippen molar-refractivity contribution in [1.82, 2.24) is 0 Å². The number of carbonyl (C=O) groups excluding carboxylic acids is 3. The molecule has 2 fully saturated rings. The first-order valence-electron chi connectivity index (χ1n) is 11.1. The van der Waals surface area contributed by atoms with Crippen molar-refractivity contribution in [3.8, 4) is 0 Å². The lowest BCUT2D eigenvalue weighted by Gasteiger charge is -2.23. The molecular weight excluding hydrogens is 390 g/mol. The minimum atomic E-state index is -0.415. The minimum Gasteiger partial charge on any atom is -0.326 e. The van der Waals surface area contributed by atoms with Crippen LogP contribution in [0.1, 0.15) is 51.0 Å². The first kappa shape index (κ1) is 21.1. The molecule has 1 heterocycles. The van der Waals surface area contributed by atoms with E-state index in [0.29, 0.717) is 23.8 Å². The number of benzene rings is 2. The molecular formula is C25H29N3O3. The van der Waals surface area contributed by atoms with E-state index < -0.39 is 5.92 Å². The van der Waals surface area contributed by atoms with Crippen molar-refractivity contribution in [2.24, 2.45) is 11.8 Å². The Balaban J connectivity index is 1.43. The summed E-state index contributed by atoms with van der Waals surface area (Å²) in [5.74, 6) is -0.135. The van der Waals surface area contributed by atoms with Crippen molar-refractivity contribution in [3.05, 3.63) is 54.1 Å². The zero-order valence-electron chi connectivity index (χ0n) is 18.1. The van der Waals surface area contributed by atoms with Crippen LogP contribution in [-0.2, 0) is 14.4 Å². The van der Waals surface area contributed by atoms with E-state index in [-0.39, 0.29) is 30.1 Å². The lowest BCUT2D eigenvalue weighted by Crippen LogP contribution is -2.29. The third kappa shape index (κ3) is 4.79. The highest BCUT2D eigenvalue weighted by Gasteiger charge is 2.36. The van der Waals surface area contributed by atoms with E-state index in [2.05, 4.69) is 30.5 Å². The van der Waals surface area contributed by atoms with Gasteiger partial charge < -0.3 is 15.5 Å². The molecule has 162 valence electrons. The quantitative estimate of drug-likeness (QED) is 0.692. The lowest BCUT2D eigenvalue weighted by atomic mass is 9.96. The van der Waals surface area contributed by atoms with Crippen LogP contribution in [0, 0.1) is 11.8 Å². The van der Waals surface area contributed by atoms with Gasteiger partial charge >= 0.3 is 0 Å². The third-order valence-electron chi connectivity index (χ3n) is 6.21. The van der Waals surface area contributed by atoms with E-state index in [1.54, 1.807) is 23.1 Å². The van der Waals surface area contributed by atoms with Crippen LogP contribution in [0.15, 0.2) is 48.5 Å². The molecule has 1 saturated carbocycles. The number of hydrogen-bond donors (Lipinski definition) is 2. The zero-order chi connectivity index (χ0) is 22.0. The van der Waals surface area contributed by atoms with Crippen molar-refractivity contribution in [3.63, 3.8) is 0 Å². The SMILES string of the molecule is CCC(C)c1ccccc1N1CC(C(=O)Nc2cccc(NC(=O)C3CC3)c2)CC1=O. The van der Waals surface area contributed by atoms with E-state index in [9.17, 15) is 14.4 Å². The number of rotatable bonds is 7. The first-order chi connectivity index (χ1) is 15.0. The van der Waals surface area contributed by atoms with Gasteiger partial charge in [-0.15, -0.1) is 0 Å². The summed E-state index contributed by atoms with van der Waals surface area (Å²) in [6.07, 6.45) is 3.05. The van der Waals surface area contributed by atoms with Gasteiger partial charge in [-0.1, -0.05) is 38.1 Å². The van der Waals surface area contributed by atoms with Gasteiger partial charge in [-0.25, -0.2) is 0 Å². The Morgan fingerprint density at radius 1 is 1.00 bits per heavy atom. The second-order valence-corrected chi connectivity index (χ2v) is 8.61. The van der Waals surface area contributed by atoms with Crippen LogP contribution in [0.4, 0.5) is 17.1 Å². The molecule has 6 heteroatoms. The van der Waals surface area contributed by atoms with Crippen LogP contribution < -0.4 is 15.5 Å². The Bertz CT molecular complexity index is 999. The van der Waals surface area contributed by atoms with Crippen molar-refractivity contribution >= 4 is 34.8 Å². The maximum Gasteiger partial charge on any atom is 0.229 e. The summed E-state index contributed by atoms with van der Waals surface area (Å²) in [6, 6.07) is 15.1. The lowest BCUT2D eigenvalue weighted by molar-refractivity contribution is -0.122. The molecule has 3 amide bonds. The Morgan fingerprint density at radius 2 is 1.65 bits per heavy atom. The monoisotopic (exact) mass is 419 g/mol. The number of hydrogen-bond acceptors (Lipinski definition) is 3. The molecule has 2 unspecified atom stereocenters. The Hall–Kier alpha value is -3.15. The van der Waals surface area contributed by atoms with Gasteiger partial charge in [0.1, 0.15) is 0 Å². The van der Waals surface area contributed by atoms with Crippen LogP contribution >= 0.6 is 0 Å². The Labute approximate surface area is 183 Å². The smallest absolute Gasteiger partial charge is 0.229 e. The summed E-state index contributed by atoms with van der Waals surface area (Å²) in [6.45, 7) is 4.65. The number of para-hydroxylation sites is 1. The maximum absolute atomic E-state index is 12.9. The molecule has 1 aliphatic carbocycles. The second-order valence-electron chi connectivity index (χ2n) is 8.61. The molecule has 2 atom stereocenters. The molecule has 2 aromatic carbocycles. The predicted molar refractivity (Wildman–Crippen MR) is 122 cm³/mol. The average Bonchev–Trinajstić information content (AvgIpc) is 3.55. The molecule has 2 aliphatic rings. The summed E-state index contributed by atoms with van der Waals surface area (Å²) in [7, 11) is 0. The molecule has 31 heavy (non-hydrogen) atoms. The molecule has 0 aromatic heterocycles. The van der Waals surface area contributed by atoms with Gasteiger partial charge in [0.2, 0.25) is 17.7 Å². The van der Waals surface area contributed by atoms with E-state index >= 15 is 0 Å². The molecule has 0 radical (unpaired) electrons. The van der Waals surface area contributed by atoms with Crippen LogP contribution in [0.2, 0.25) is 0 Å². The fourth-order valence-corrected chi connectivity index (χ4v) is 3.99. The Kier molecular flexibility index (Phi) is 6.07. The summed E-state index contributed by atoms with van der Waals surface area (Å²) >= 11 is 0. The van der Waals surface area contributed by atoms with E-state index in [4.69, 9.17) is 0 Å². The first-order valence-corrected chi connectivity index (χ1v) is 11.1. The van der Waals surface area contributed by atoms with Gasteiger partial charge in [0.05, 0.1) is 5.92 Å². The van der Waals surface area contributed by atoms with E-state index in [1.165, 1.54) is 0 Å². The van der Waals surface area contributed by atoms with Gasteiger partial charge in [0.25, 0.3) is 0 Å². The fraction of sp³-hybridized carbons (Fsp3) is 0.400. The topological polar surface area (TPSA) is 78.5 Å². The molecule has 6 nitrogen and oxygen atoms in total. The Morgan fingerprint density at radius 3 is 2.29 bits per heavy atom. The van der Waals surface area contributed by atoms with Crippen LogP contribution in [0.3, 0.4) is 0 Å². The molecule has 2 aromatic rings. The summed E-state index contributed by atoms with van der Waals surface area (Å²) < 4.78 is 0. The number of amides is 3. The second kappa shape index (κ2) is 8.92. The largest absolute Gasteiger partial charge is 0.326 e. The highest BCUT2D eigenvalue weighted by Crippen LogP contribution is 2.34. The van der Waals surface area contributed by atoms with Crippen molar-refractivity contribution < 1.29 is 14.4 Å².